The monoisotopic (exact) mass is 371 g/mol. The molecule has 0 atom stereocenters. The topological polar surface area (TPSA) is 56.2 Å². The number of ether oxygens (including phenoxy) is 1. The summed E-state index contributed by atoms with van der Waals surface area (Å²) in [6, 6.07) is 13.3. The van der Waals surface area contributed by atoms with Crippen LogP contribution in [0, 0.1) is 20.8 Å². The van der Waals surface area contributed by atoms with Gasteiger partial charge < -0.3 is 10.1 Å². The van der Waals surface area contributed by atoms with Gasteiger partial charge in [-0.25, -0.2) is 4.68 Å². The third-order valence-electron chi connectivity index (χ3n) is 3.87. The largest absolute Gasteiger partial charge is 0.435 e. The molecule has 0 aliphatic carbocycles. The quantitative estimate of drug-likeness (QED) is 0.710. The Morgan fingerprint density at radius 2 is 1.67 bits per heavy atom. The summed E-state index contributed by atoms with van der Waals surface area (Å²) >= 11 is 0. The van der Waals surface area contributed by atoms with Crippen molar-refractivity contribution in [1.29, 1.82) is 0 Å². The van der Waals surface area contributed by atoms with Crippen molar-refractivity contribution in [3.05, 3.63) is 70.9 Å². The van der Waals surface area contributed by atoms with Gasteiger partial charge in [0.15, 0.2) is 0 Å². The Labute approximate surface area is 155 Å². The van der Waals surface area contributed by atoms with E-state index < -0.39 is 6.61 Å². The Hall–Kier alpha value is -3.22. The molecule has 27 heavy (non-hydrogen) atoms. The van der Waals surface area contributed by atoms with Crippen LogP contribution in [0.5, 0.6) is 5.75 Å². The molecule has 2 aromatic carbocycles. The van der Waals surface area contributed by atoms with Gasteiger partial charge in [-0.3, -0.25) is 4.79 Å². The Bertz CT molecular complexity index is 946. The highest BCUT2D eigenvalue weighted by Crippen LogP contribution is 2.21. The number of alkyl halides is 2. The molecule has 0 aliphatic rings. The summed E-state index contributed by atoms with van der Waals surface area (Å²) in [6.45, 7) is 2.92. The number of hydrogen-bond donors (Lipinski definition) is 1. The SMILES string of the molecule is Cc1cc(C)cc(-n2nc(C)cc2NC(=O)c2ccc(OC(F)F)cc2)c1. The lowest BCUT2D eigenvalue weighted by atomic mass is 10.1. The van der Waals surface area contributed by atoms with Gasteiger partial charge in [-0.2, -0.15) is 13.9 Å². The predicted octanol–water partition coefficient (Wildman–Crippen LogP) is 4.65. The van der Waals surface area contributed by atoms with Crippen LogP contribution in [0.2, 0.25) is 0 Å². The van der Waals surface area contributed by atoms with Gasteiger partial charge in [0.05, 0.1) is 11.4 Å². The maximum atomic E-state index is 12.5. The van der Waals surface area contributed by atoms with Crippen LogP contribution in [0.1, 0.15) is 27.2 Å². The van der Waals surface area contributed by atoms with Crippen LogP contribution in [0.25, 0.3) is 5.69 Å². The molecule has 3 rings (SSSR count). The number of aryl methyl sites for hydroxylation is 3. The molecule has 3 aromatic rings. The summed E-state index contributed by atoms with van der Waals surface area (Å²) in [5, 5.41) is 7.27. The van der Waals surface area contributed by atoms with Crippen molar-refractivity contribution in [3.63, 3.8) is 0 Å². The lowest BCUT2D eigenvalue weighted by Crippen LogP contribution is -2.15. The highest BCUT2D eigenvalue weighted by Gasteiger charge is 2.14. The zero-order valence-corrected chi connectivity index (χ0v) is 15.2. The minimum absolute atomic E-state index is 0.00216. The molecule has 7 heteroatoms. The third kappa shape index (κ3) is 4.49. The molecule has 0 bridgehead atoms. The minimum atomic E-state index is -2.90. The van der Waals surface area contributed by atoms with Crippen molar-refractivity contribution in [1.82, 2.24) is 9.78 Å². The van der Waals surface area contributed by atoms with E-state index in [1.807, 2.05) is 32.9 Å². The number of nitrogens with one attached hydrogen (secondary N) is 1. The lowest BCUT2D eigenvalue weighted by Gasteiger charge is -2.11. The molecule has 0 fully saturated rings. The second-order valence-electron chi connectivity index (χ2n) is 6.29. The van der Waals surface area contributed by atoms with Crippen LogP contribution in [0.4, 0.5) is 14.6 Å². The summed E-state index contributed by atoms with van der Waals surface area (Å²) in [6.07, 6.45) is 0. The second kappa shape index (κ2) is 7.57. The number of amides is 1. The van der Waals surface area contributed by atoms with E-state index >= 15 is 0 Å². The summed E-state index contributed by atoms with van der Waals surface area (Å²) in [4.78, 5) is 12.5. The number of nitrogens with zero attached hydrogens (tertiary/aromatic N) is 2. The molecule has 1 heterocycles. The number of rotatable bonds is 5. The fourth-order valence-corrected chi connectivity index (χ4v) is 2.83. The molecular weight excluding hydrogens is 352 g/mol. The zero-order valence-electron chi connectivity index (χ0n) is 15.2. The molecular formula is C20H19F2N3O2. The maximum absolute atomic E-state index is 12.5. The molecule has 0 radical (unpaired) electrons. The number of carbonyl (C=O) groups is 1. The van der Waals surface area contributed by atoms with Crippen LogP contribution in [-0.4, -0.2) is 22.3 Å². The first-order chi connectivity index (χ1) is 12.8. The van der Waals surface area contributed by atoms with Crippen molar-refractivity contribution in [2.45, 2.75) is 27.4 Å². The van der Waals surface area contributed by atoms with Crippen LogP contribution < -0.4 is 10.1 Å². The van der Waals surface area contributed by atoms with Gasteiger partial charge in [0, 0.05) is 11.6 Å². The normalized spacial score (nSPS) is 10.9. The molecule has 0 saturated heterocycles. The maximum Gasteiger partial charge on any atom is 0.387 e. The lowest BCUT2D eigenvalue weighted by molar-refractivity contribution is -0.0498. The Morgan fingerprint density at radius 1 is 1.04 bits per heavy atom. The van der Waals surface area contributed by atoms with Crippen LogP contribution >= 0.6 is 0 Å². The Kier molecular flexibility index (Phi) is 5.21. The molecule has 1 N–H and O–H groups in total. The summed E-state index contributed by atoms with van der Waals surface area (Å²) < 4.78 is 30.4. The molecule has 0 aliphatic heterocycles. The fraction of sp³-hybridized carbons (Fsp3) is 0.200. The highest BCUT2D eigenvalue weighted by molar-refractivity contribution is 6.04. The van der Waals surface area contributed by atoms with Crippen molar-refractivity contribution < 1.29 is 18.3 Å². The zero-order chi connectivity index (χ0) is 19.6. The fourth-order valence-electron chi connectivity index (χ4n) is 2.83. The molecule has 5 nitrogen and oxygen atoms in total. The van der Waals surface area contributed by atoms with Crippen molar-refractivity contribution >= 4 is 11.7 Å². The van der Waals surface area contributed by atoms with Crippen molar-refractivity contribution in [3.8, 4) is 11.4 Å². The first-order valence-corrected chi connectivity index (χ1v) is 8.33. The smallest absolute Gasteiger partial charge is 0.387 e. The second-order valence-corrected chi connectivity index (χ2v) is 6.29. The number of aromatic nitrogens is 2. The predicted molar refractivity (Wildman–Crippen MR) is 98.8 cm³/mol. The summed E-state index contributed by atoms with van der Waals surface area (Å²) in [5.74, 6) is 0.150. The van der Waals surface area contributed by atoms with Crippen molar-refractivity contribution in [2.24, 2.45) is 0 Å². The standard InChI is InChI=1S/C20H19F2N3O2/c1-12-8-13(2)10-16(9-12)25-18(11-14(3)24-25)23-19(26)15-4-6-17(7-5-15)27-20(21)22/h4-11,20H,1-3H3,(H,23,26). The van der Waals surface area contributed by atoms with Crippen molar-refractivity contribution in [2.75, 3.05) is 5.32 Å². The van der Waals surface area contributed by atoms with E-state index in [0.29, 0.717) is 11.4 Å². The average molecular weight is 371 g/mol. The van der Waals surface area contributed by atoms with Gasteiger partial charge in [0.1, 0.15) is 11.6 Å². The number of carbonyl (C=O) groups excluding carboxylic acids is 1. The molecule has 1 aromatic heterocycles. The molecule has 1 amide bonds. The van der Waals surface area contributed by atoms with E-state index in [0.717, 1.165) is 22.5 Å². The Morgan fingerprint density at radius 3 is 2.26 bits per heavy atom. The van der Waals surface area contributed by atoms with E-state index in [2.05, 4.69) is 21.2 Å². The van der Waals surface area contributed by atoms with Gasteiger partial charge in [0.2, 0.25) is 0 Å². The molecule has 0 unspecified atom stereocenters. The van der Waals surface area contributed by atoms with Gasteiger partial charge in [-0.1, -0.05) is 6.07 Å². The molecule has 0 saturated carbocycles. The van der Waals surface area contributed by atoms with Gasteiger partial charge in [-0.05, 0) is 68.3 Å². The van der Waals surface area contributed by atoms with Crippen LogP contribution in [-0.2, 0) is 0 Å². The van der Waals surface area contributed by atoms with E-state index in [4.69, 9.17) is 0 Å². The van der Waals surface area contributed by atoms with Gasteiger partial charge in [0.25, 0.3) is 5.91 Å². The third-order valence-corrected chi connectivity index (χ3v) is 3.87. The minimum Gasteiger partial charge on any atom is -0.435 e. The van der Waals surface area contributed by atoms with Gasteiger partial charge in [-0.15, -0.1) is 0 Å². The van der Waals surface area contributed by atoms with E-state index in [-0.39, 0.29) is 11.7 Å². The van der Waals surface area contributed by atoms with Crippen LogP contribution in [0.15, 0.2) is 48.5 Å². The Balaban J connectivity index is 1.84. The molecule has 140 valence electrons. The molecule has 0 spiro atoms. The first-order valence-electron chi connectivity index (χ1n) is 8.33. The van der Waals surface area contributed by atoms with E-state index in [1.54, 1.807) is 10.7 Å². The van der Waals surface area contributed by atoms with Gasteiger partial charge >= 0.3 is 6.61 Å². The number of halogens is 2. The average Bonchev–Trinajstić information content (AvgIpc) is 2.94. The summed E-state index contributed by atoms with van der Waals surface area (Å²) in [5.41, 5.74) is 4.10. The highest BCUT2D eigenvalue weighted by atomic mass is 19.3. The number of benzene rings is 2. The number of anilines is 1. The van der Waals surface area contributed by atoms with E-state index in [1.165, 1.54) is 24.3 Å². The summed E-state index contributed by atoms with van der Waals surface area (Å²) in [7, 11) is 0. The van der Waals surface area contributed by atoms with Crippen LogP contribution in [0.3, 0.4) is 0 Å². The first kappa shape index (κ1) is 18.6. The number of hydrogen-bond acceptors (Lipinski definition) is 3. The van der Waals surface area contributed by atoms with E-state index in [9.17, 15) is 13.6 Å².